The van der Waals surface area contributed by atoms with Gasteiger partial charge in [-0.25, -0.2) is 12.8 Å². The number of hydrogen-bond donors (Lipinski definition) is 1. The molecule has 5 nitrogen and oxygen atoms in total. The number of hydrogen-bond acceptors (Lipinski definition) is 5. The maximum absolute atomic E-state index is 13.3. The third-order valence-corrected chi connectivity index (χ3v) is 7.18. The standard InChI is InChI=1S/C19H20FNO4S/c1-2-25-18(22)19(12-21)16(13-8-10-14(20)11-9-13)17(19)26(23,24)15-6-4-3-5-7-15/h3-11,16-17H,2,12,21H2,1H3/t16-,17-,19+/m0/s1. The second-order valence-corrected chi connectivity index (χ2v) is 8.34. The van der Waals surface area contributed by atoms with Gasteiger partial charge in [-0.05, 0) is 36.8 Å². The van der Waals surface area contributed by atoms with E-state index in [9.17, 15) is 17.6 Å². The molecule has 2 N–H and O–H groups in total. The summed E-state index contributed by atoms with van der Waals surface area (Å²) < 4.78 is 44.8. The van der Waals surface area contributed by atoms with Crippen LogP contribution in [0, 0.1) is 11.2 Å². The van der Waals surface area contributed by atoms with Gasteiger partial charge in [0.2, 0.25) is 0 Å². The molecule has 0 heterocycles. The first-order chi connectivity index (χ1) is 12.4. The van der Waals surface area contributed by atoms with Crippen molar-refractivity contribution in [2.75, 3.05) is 13.2 Å². The Labute approximate surface area is 151 Å². The van der Waals surface area contributed by atoms with Crippen molar-refractivity contribution in [1.29, 1.82) is 0 Å². The van der Waals surface area contributed by atoms with Gasteiger partial charge in [0.25, 0.3) is 0 Å². The predicted molar refractivity (Wildman–Crippen MR) is 94.7 cm³/mol. The van der Waals surface area contributed by atoms with Gasteiger partial charge in [-0.3, -0.25) is 4.79 Å². The van der Waals surface area contributed by atoms with E-state index in [2.05, 4.69) is 0 Å². The van der Waals surface area contributed by atoms with Crippen LogP contribution in [0.2, 0.25) is 0 Å². The quantitative estimate of drug-likeness (QED) is 0.781. The lowest BCUT2D eigenvalue weighted by Crippen LogP contribution is -2.33. The van der Waals surface area contributed by atoms with Crippen LogP contribution < -0.4 is 5.73 Å². The molecule has 3 rings (SSSR count). The molecule has 26 heavy (non-hydrogen) atoms. The molecule has 7 heteroatoms. The number of carbonyl (C=O) groups is 1. The Morgan fingerprint density at radius 3 is 2.31 bits per heavy atom. The summed E-state index contributed by atoms with van der Waals surface area (Å²) in [6.45, 7) is 1.59. The number of nitrogens with two attached hydrogens (primary N) is 1. The van der Waals surface area contributed by atoms with Gasteiger partial charge in [-0.15, -0.1) is 0 Å². The molecule has 0 radical (unpaired) electrons. The van der Waals surface area contributed by atoms with Crippen molar-refractivity contribution in [3.05, 3.63) is 66.0 Å². The highest BCUT2D eigenvalue weighted by atomic mass is 32.2. The highest BCUT2D eigenvalue weighted by Gasteiger charge is 2.75. The third kappa shape index (κ3) is 2.81. The lowest BCUT2D eigenvalue weighted by atomic mass is 9.99. The van der Waals surface area contributed by atoms with Crippen LogP contribution in [0.4, 0.5) is 4.39 Å². The smallest absolute Gasteiger partial charge is 0.315 e. The van der Waals surface area contributed by atoms with E-state index in [-0.39, 0.29) is 18.0 Å². The summed E-state index contributed by atoms with van der Waals surface area (Å²) >= 11 is 0. The van der Waals surface area contributed by atoms with Crippen LogP contribution >= 0.6 is 0 Å². The highest BCUT2D eigenvalue weighted by molar-refractivity contribution is 7.92. The van der Waals surface area contributed by atoms with E-state index in [1.807, 2.05) is 0 Å². The molecule has 138 valence electrons. The minimum atomic E-state index is -3.83. The van der Waals surface area contributed by atoms with E-state index in [4.69, 9.17) is 10.5 Å². The Bertz CT molecular complexity index is 899. The summed E-state index contributed by atoms with van der Waals surface area (Å²) in [4.78, 5) is 12.8. The Balaban J connectivity index is 2.11. The molecule has 0 unspecified atom stereocenters. The molecule has 0 amide bonds. The van der Waals surface area contributed by atoms with E-state index >= 15 is 0 Å². The second kappa shape index (κ2) is 6.81. The Kier molecular flexibility index (Phi) is 4.86. The van der Waals surface area contributed by atoms with Gasteiger partial charge in [-0.2, -0.15) is 0 Å². The average Bonchev–Trinajstić information content (AvgIpc) is 3.35. The number of esters is 1. The first kappa shape index (κ1) is 18.5. The monoisotopic (exact) mass is 377 g/mol. The third-order valence-electron chi connectivity index (χ3n) is 4.88. The van der Waals surface area contributed by atoms with E-state index in [1.165, 1.54) is 36.4 Å². The summed E-state index contributed by atoms with van der Waals surface area (Å²) in [5.41, 5.74) is 5.06. The fourth-order valence-electron chi connectivity index (χ4n) is 3.59. The van der Waals surface area contributed by atoms with Gasteiger partial charge in [0.15, 0.2) is 9.84 Å². The summed E-state index contributed by atoms with van der Waals surface area (Å²) in [5.74, 6) is -1.76. The molecular weight excluding hydrogens is 357 g/mol. The van der Waals surface area contributed by atoms with Crippen molar-refractivity contribution in [3.63, 3.8) is 0 Å². The zero-order valence-corrected chi connectivity index (χ0v) is 15.1. The van der Waals surface area contributed by atoms with Crippen molar-refractivity contribution >= 4 is 15.8 Å². The van der Waals surface area contributed by atoms with Crippen LogP contribution in [-0.2, 0) is 19.4 Å². The van der Waals surface area contributed by atoms with E-state index < -0.39 is 38.2 Å². The lowest BCUT2D eigenvalue weighted by Gasteiger charge is -2.14. The molecular formula is C19H20FNO4S. The lowest BCUT2D eigenvalue weighted by molar-refractivity contribution is -0.149. The van der Waals surface area contributed by atoms with Gasteiger partial charge in [-0.1, -0.05) is 30.3 Å². The number of rotatable bonds is 6. The molecule has 0 aromatic heterocycles. The summed E-state index contributed by atoms with van der Waals surface area (Å²) in [5, 5.41) is -1.05. The van der Waals surface area contributed by atoms with Crippen LogP contribution in [0.5, 0.6) is 0 Å². The Morgan fingerprint density at radius 1 is 1.15 bits per heavy atom. The zero-order chi connectivity index (χ0) is 18.9. The van der Waals surface area contributed by atoms with Gasteiger partial charge >= 0.3 is 5.97 Å². The summed E-state index contributed by atoms with van der Waals surface area (Å²) in [6.07, 6.45) is 0. The molecule has 0 spiro atoms. The maximum Gasteiger partial charge on any atom is 0.315 e. The molecule has 0 saturated heterocycles. The van der Waals surface area contributed by atoms with Gasteiger partial charge < -0.3 is 10.5 Å². The van der Waals surface area contributed by atoms with Crippen molar-refractivity contribution < 1.29 is 22.3 Å². The van der Waals surface area contributed by atoms with Crippen molar-refractivity contribution in [1.82, 2.24) is 0 Å². The molecule has 1 aliphatic carbocycles. The van der Waals surface area contributed by atoms with Gasteiger partial charge in [0, 0.05) is 12.5 Å². The molecule has 1 fully saturated rings. The zero-order valence-electron chi connectivity index (χ0n) is 14.3. The van der Waals surface area contributed by atoms with Crippen molar-refractivity contribution in [3.8, 4) is 0 Å². The minimum absolute atomic E-state index is 0.120. The van der Waals surface area contributed by atoms with Crippen LogP contribution in [-0.4, -0.2) is 32.8 Å². The predicted octanol–water partition coefficient (Wildman–Crippen LogP) is 2.27. The molecule has 2 aromatic carbocycles. The molecule has 0 bridgehead atoms. The molecule has 1 saturated carbocycles. The van der Waals surface area contributed by atoms with Crippen LogP contribution in [0.1, 0.15) is 18.4 Å². The second-order valence-electron chi connectivity index (χ2n) is 6.27. The molecule has 0 aliphatic heterocycles. The fourth-order valence-corrected chi connectivity index (χ4v) is 6.00. The highest BCUT2D eigenvalue weighted by Crippen LogP contribution is 2.64. The maximum atomic E-state index is 13.3. The first-order valence-electron chi connectivity index (χ1n) is 8.31. The Morgan fingerprint density at radius 2 is 1.77 bits per heavy atom. The number of carbonyl (C=O) groups excluding carboxylic acids is 1. The number of halogens is 1. The molecule has 1 aliphatic rings. The average molecular weight is 377 g/mol. The number of ether oxygens (including phenoxy) is 1. The number of benzene rings is 2. The van der Waals surface area contributed by atoms with E-state index in [0.29, 0.717) is 5.56 Å². The van der Waals surface area contributed by atoms with Crippen molar-refractivity contribution in [2.45, 2.75) is 23.0 Å². The van der Waals surface area contributed by atoms with Gasteiger partial charge in [0.05, 0.1) is 16.8 Å². The summed E-state index contributed by atoms with van der Waals surface area (Å²) in [6, 6.07) is 13.4. The molecule has 3 atom stereocenters. The van der Waals surface area contributed by atoms with E-state index in [0.717, 1.165) is 0 Å². The van der Waals surface area contributed by atoms with Crippen LogP contribution in [0.3, 0.4) is 0 Å². The fraction of sp³-hybridized carbons (Fsp3) is 0.316. The Hall–Kier alpha value is -2.25. The molecule has 2 aromatic rings. The summed E-state index contributed by atoms with van der Waals surface area (Å²) in [7, 11) is -3.83. The van der Waals surface area contributed by atoms with Crippen LogP contribution in [0.15, 0.2) is 59.5 Å². The number of sulfone groups is 1. The largest absolute Gasteiger partial charge is 0.465 e. The topological polar surface area (TPSA) is 86.5 Å². The van der Waals surface area contributed by atoms with Crippen molar-refractivity contribution in [2.24, 2.45) is 11.1 Å². The first-order valence-corrected chi connectivity index (χ1v) is 9.86. The SMILES string of the molecule is CCOC(=O)[C@]1(CN)[C@@H](c2ccc(F)cc2)[C@@H]1S(=O)(=O)c1ccccc1. The normalized spacial score (nSPS) is 24.9. The van der Waals surface area contributed by atoms with Crippen LogP contribution in [0.25, 0.3) is 0 Å². The van der Waals surface area contributed by atoms with Gasteiger partial charge in [0.1, 0.15) is 11.2 Å². The van der Waals surface area contributed by atoms with E-state index in [1.54, 1.807) is 25.1 Å². The minimum Gasteiger partial charge on any atom is -0.465 e.